The van der Waals surface area contributed by atoms with Crippen LogP contribution in [-0.2, 0) is 6.42 Å². The van der Waals surface area contributed by atoms with Gasteiger partial charge in [0.2, 0.25) is 0 Å². The SMILES string of the molecule is CCCc1nc(N)c(C)c(N2CCCC2CO)n1. The molecule has 0 radical (unpaired) electrons. The third-order valence-electron chi connectivity index (χ3n) is 3.54. The molecule has 2 heterocycles. The summed E-state index contributed by atoms with van der Waals surface area (Å²) in [4.78, 5) is 11.1. The fourth-order valence-corrected chi connectivity index (χ4v) is 2.49. The largest absolute Gasteiger partial charge is 0.394 e. The van der Waals surface area contributed by atoms with E-state index < -0.39 is 0 Å². The number of hydrogen-bond acceptors (Lipinski definition) is 5. The first-order valence-corrected chi connectivity index (χ1v) is 6.67. The van der Waals surface area contributed by atoms with Crippen LogP contribution in [0.25, 0.3) is 0 Å². The van der Waals surface area contributed by atoms with Crippen molar-refractivity contribution >= 4 is 11.6 Å². The van der Waals surface area contributed by atoms with Gasteiger partial charge in [-0.3, -0.25) is 0 Å². The second-order valence-electron chi connectivity index (χ2n) is 4.90. The van der Waals surface area contributed by atoms with Gasteiger partial charge in [-0.05, 0) is 26.2 Å². The van der Waals surface area contributed by atoms with Crippen LogP contribution in [0.1, 0.15) is 37.6 Å². The van der Waals surface area contributed by atoms with Crippen molar-refractivity contribution in [1.29, 1.82) is 0 Å². The Labute approximate surface area is 108 Å². The van der Waals surface area contributed by atoms with E-state index in [0.717, 1.165) is 49.4 Å². The highest BCUT2D eigenvalue weighted by Gasteiger charge is 2.27. The van der Waals surface area contributed by atoms with Gasteiger partial charge < -0.3 is 15.7 Å². The number of nitrogens with zero attached hydrogens (tertiary/aromatic N) is 3. The number of aliphatic hydroxyl groups excluding tert-OH is 1. The second-order valence-corrected chi connectivity index (χ2v) is 4.90. The van der Waals surface area contributed by atoms with Gasteiger partial charge in [-0.25, -0.2) is 9.97 Å². The Balaban J connectivity index is 2.36. The van der Waals surface area contributed by atoms with Crippen LogP contribution in [0.3, 0.4) is 0 Å². The highest BCUT2D eigenvalue weighted by molar-refractivity contribution is 5.57. The highest BCUT2D eigenvalue weighted by atomic mass is 16.3. The van der Waals surface area contributed by atoms with E-state index >= 15 is 0 Å². The Morgan fingerprint density at radius 3 is 2.89 bits per heavy atom. The summed E-state index contributed by atoms with van der Waals surface area (Å²) in [5.41, 5.74) is 6.89. The molecular formula is C13H22N4O. The molecule has 1 aliphatic heterocycles. The highest BCUT2D eigenvalue weighted by Crippen LogP contribution is 2.28. The molecule has 1 aromatic heterocycles. The van der Waals surface area contributed by atoms with Crippen LogP contribution < -0.4 is 10.6 Å². The van der Waals surface area contributed by atoms with Crippen molar-refractivity contribution in [3.63, 3.8) is 0 Å². The summed E-state index contributed by atoms with van der Waals surface area (Å²) in [6.45, 7) is 5.17. The van der Waals surface area contributed by atoms with Gasteiger partial charge in [-0.2, -0.15) is 0 Å². The third-order valence-corrected chi connectivity index (χ3v) is 3.54. The van der Waals surface area contributed by atoms with Crippen molar-refractivity contribution in [3.05, 3.63) is 11.4 Å². The molecular weight excluding hydrogens is 228 g/mol. The maximum absolute atomic E-state index is 9.41. The van der Waals surface area contributed by atoms with Gasteiger partial charge >= 0.3 is 0 Å². The minimum absolute atomic E-state index is 0.173. The number of rotatable bonds is 4. The lowest BCUT2D eigenvalue weighted by Crippen LogP contribution is -2.33. The lowest BCUT2D eigenvalue weighted by Gasteiger charge is -2.26. The minimum Gasteiger partial charge on any atom is -0.394 e. The van der Waals surface area contributed by atoms with Crippen molar-refractivity contribution in [3.8, 4) is 0 Å². The monoisotopic (exact) mass is 250 g/mol. The molecule has 1 atom stereocenters. The molecule has 1 fully saturated rings. The average Bonchev–Trinajstić information content (AvgIpc) is 2.82. The number of aryl methyl sites for hydroxylation is 1. The van der Waals surface area contributed by atoms with Crippen molar-refractivity contribution < 1.29 is 5.11 Å². The minimum atomic E-state index is 0.173. The van der Waals surface area contributed by atoms with Crippen LogP contribution in [-0.4, -0.2) is 34.3 Å². The third kappa shape index (κ3) is 2.41. The maximum atomic E-state index is 9.41. The van der Waals surface area contributed by atoms with Gasteiger partial charge in [-0.1, -0.05) is 6.92 Å². The molecule has 100 valence electrons. The van der Waals surface area contributed by atoms with E-state index in [0.29, 0.717) is 5.82 Å². The predicted molar refractivity (Wildman–Crippen MR) is 72.6 cm³/mol. The molecule has 2 rings (SSSR count). The first kappa shape index (κ1) is 13.1. The van der Waals surface area contributed by atoms with E-state index in [2.05, 4.69) is 21.8 Å². The van der Waals surface area contributed by atoms with E-state index in [1.807, 2.05) is 6.92 Å². The van der Waals surface area contributed by atoms with Crippen LogP contribution in [0.2, 0.25) is 0 Å². The van der Waals surface area contributed by atoms with Crippen LogP contribution in [0.4, 0.5) is 11.6 Å². The summed E-state index contributed by atoms with van der Waals surface area (Å²) in [6, 6.07) is 0.174. The summed E-state index contributed by atoms with van der Waals surface area (Å²) in [5, 5.41) is 9.41. The van der Waals surface area contributed by atoms with Gasteiger partial charge in [0.15, 0.2) is 0 Å². The fraction of sp³-hybridized carbons (Fsp3) is 0.692. The summed E-state index contributed by atoms with van der Waals surface area (Å²) in [7, 11) is 0. The molecule has 5 heteroatoms. The van der Waals surface area contributed by atoms with Crippen LogP contribution in [0.15, 0.2) is 0 Å². The quantitative estimate of drug-likeness (QED) is 0.842. The molecule has 1 aliphatic rings. The summed E-state index contributed by atoms with van der Waals surface area (Å²) in [6.07, 6.45) is 3.96. The number of aromatic nitrogens is 2. The zero-order valence-electron chi connectivity index (χ0n) is 11.2. The van der Waals surface area contributed by atoms with Crippen molar-refractivity contribution in [1.82, 2.24) is 9.97 Å². The molecule has 18 heavy (non-hydrogen) atoms. The topological polar surface area (TPSA) is 75.3 Å². The average molecular weight is 250 g/mol. The fourth-order valence-electron chi connectivity index (χ4n) is 2.49. The van der Waals surface area contributed by atoms with E-state index in [9.17, 15) is 5.11 Å². The molecule has 0 aromatic carbocycles. The Bertz CT molecular complexity index is 422. The zero-order chi connectivity index (χ0) is 13.1. The van der Waals surface area contributed by atoms with Gasteiger partial charge in [-0.15, -0.1) is 0 Å². The first-order valence-electron chi connectivity index (χ1n) is 6.67. The van der Waals surface area contributed by atoms with Crippen LogP contribution in [0, 0.1) is 6.92 Å². The normalized spacial score (nSPS) is 19.5. The van der Waals surface area contributed by atoms with E-state index in [1.54, 1.807) is 0 Å². The van der Waals surface area contributed by atoms with E-state index in [4.69, 9.17) is 5.73 Å². The summed E-state index contributed by atoms with van der Waals surface area (Å²) in [5.74, 6) is 2.27. The maximum Gasteiger partial charge on any atom is 0.137 e. The Morgan fingerprint density at radius 2 is 2.22 bits per heavy atom. The van der Waals surface area contributed by atoms with E-state index in [-0.39, 0.29) is 12.6 Å². The van der Waals surface area contributed by atoms with Crippen molar-refractivity contribution in [2.45, 2.75) is 45.6 Å². The van der Waals surface area contributed by atoms with Crippen LogP contribution >= 0.6 is 0 Å². The molecule has 0 bridgehead atoms. The number of nitrogens with two attached hydrogens (primary N) is 1. The molecule has 5 nitrogen and oxygen atoms in total. The smallest absolute Gasteiger partial charge is 0.137 e. The number of nitrogen functional groups attached to an aromatic ring is 1. The van der Waals surface area contributed by atoms with Crippen molar-refractivity contribution in [2.24, 2.45) is 0 Å². The summed E-state index contributed by atoms with van der Waals surface area (Å²) >= 11 is 0. The van der Waals surface area contributed by atoms with Gasteiger partial charge in [0.25, 0.3) is 0 Å². The van der Waals surface area contributed by atoms with Gasteiger partial charge in [0.1, 0.15) is 17.5 Å². The Kier molecular flexibility index (Phi) is 4.01. The molecule has 0 aliphatic carbocycles. The lowest BCUT2D eigenvalue weighted by atomic mass is 10.2. The standard InChI is InChI=1S/C13H22N4O/c1-3-5-11-15-12(14)9(2)13(16-11)17-7-4-6-10(17)8-18/h10,18H,3-8H2,1-2H3,(H2,14,15,16). The zero-order valence-corrected chi connectivity index (χ0v) is 11.2. The van der Waals surface area contributed by atoms with Gasteiger partial charge in [0.05, 0.1) is 12.6 Å². The lowest BCUT2D eigenvalue weighted by molar-refractivity contribution is 0.266. The molecule has 1 saturated heterocycles. The Morgan fingerprint density at radius 1 is 1.44 bits per heavy atom. The summed E-state index contributed by atoms with van der Waals surface area (Å²) < 4.78 is 0. The molecule has 0 spiro atoms. The van der Waals surface area contributed by atoms with Gasteiger partial charge in [0, 0.05) is 18.5 Å². The number of hydrogen-bond donors (Lipinski definition) is 2. The molecule has 1 aromatic rings. The van der Waals surface area contributed by atoms with Crippen LogP contribution in [0.5, 0.6) is 0 Å². The predicted octanol–water partition coefficient (Wildman–Crippen LogP) is 1.28. The molecule has 0 saturated carbocycles. The Hall–Kier alpha value is -1.36. The molecule has 3 N–H and O–H groups in total. The molecule has 0 amide bonds. The number of aliphatic hydroxyl groups is 1. The molecule has 1 unspecified atom stereocenters. The number of anilines is 2. The first-order chi connectivity index (χ1) is 8.67. The second kappa shape index (κ2) is 5.52. The van der Waals surface area contributed by atoms with E-state index in [1.165, 1.54) is 0 Å². The van der Waals surface area contributed by atoms with Crippen molar-refractivity contribution in [2.75, 3.05) is 23.8 Å².